The van der Waals surface area contributed by atoms with Crippen LogP contribution in [-0.2, 0) is 4.74 Å². The van der Waals surface area contributed by atoms with Crippen molar-refractivity contribution in [1.82, 2.24) is 15.2 Å². The molecular weight excluding hydrogens is 346 g/mol. The van der Waals surface area contributed by atoms with Crippen molar-refractivity contribution < 1.29 is 9.53 Å². The van der Waals surface area contributed by atoms with Crippen molar-refractivity contribution in [1.29, 1.82) is 0 Å². The topological polar surface area (TPSA) is 54.5 Å². The fourth-order valence-electron chi connectivity index (χ4n) is 3.21. The summed E-state index contributed by atoms with van der Waals surface area (Å²) >= 11 is 3.34. The van der Waals surface area contributed by atoms with Crippen LogP contribution in [0.2, 0.25) is 0 Å². The van der Waals surface area contributed by atoms with E-state index in [4.69, 9.17) is 4.74 Å². The van der Waals surface area contributed by atoms with Crippen molar-refractivity contribution in [2.45, 2.75) is 25.3 Å². The molecule has 0 aliphatic carbocycles. The summed E-state index contributed by atoms with van der Waals surface area (Å²) in [6, 6.07) is 2.41. The summed E-state index contributed by atoms with van der Waals surface area (Å²) in [5.41, 5.74) is 0.606. The number of likely N-dealkylation sites (tertiary alicyclic amines) is 1. The Morgan fingerprint density at radius 2 is 2.18 bits per heavy atom. The number of amides is 1. The lowest BCUT2D eigenvalue weighted by atomic mass is 9.95. The van der Waals surface area contributed by atoms with Crippen molar-refractivity contribution in [2.24, 2.45) is 5.92 Å². The standard InChI is InChI=1S/C16H22BrN3O2/c17-14-7-13(9-18-10-14)16(21)19-8-12-1-4-20(5-2-12)15-3-6-22-11-15/h7,9-10,12,15H,1-6,8,11H2,(H,19,21). The Labute approximate surface area is 139 Å². The average molecular weight is 368 g/mol. The molecule has 2 aliphatic heterocycles. The molecule has 3 rings (SSSR count). The van der Waals surface area contributed by atoms with Gasteiger partial charge in [-0.1, -0.05) is 0 Å². The van der Waals surface area contributed by atoms with Gasteiger partial charge in [-0.05, 0) is 60.3 Å². The summed E-state index contributed by atoms with van der Waals surface area (Å²) in [5.74, 6) is 0.531. The van der Waals surface area contributed by atoms with Gasteiger partial charge >= 0.3 is 0 Å². The maximum atomic E-state index is 12.1. The van der Waals surface area contributed by atoms with E-state index in [9.17, 15) is 4.79 Å². The molecule has 120 valence electrons. The molecule has 1 unspecified atom stereocenters. The number of aromatic nitrogens is 1. The van der Waals surface area contributed by atoms with E-state index in [0.717, 1.165) is 56.6 Å². The highest BCUT2D eigenvalue weighted by molar-refractivity contribution is 9.10. The molecule has 22 heavy (non-hydrogen) atoms. The van der Waals surface area contributed by atoms with Crippen LogP contribution in [-0.4, -0.2) is 54.7 Å². The van der Waals surface area contributed by atoms with Gasteiger partial charge in [-0.25, -0.2) is 0 Å². The number of nitrogens with zero attached hydrogens (tertiary/aromatic N) is 2. The van der Waals surface area contributed by atoms with Crippen LogP contribution in [0.1, 0.15) is 29.6 Å². The highest BCUT2D eigenvalue weighted by Gasteiger charge is 2.27. The third-order valence-electron chi connectivity index (χ3n) is 4.59. The van der Waals surface area contributed by atoms with Crippen LogP contribution in [0.4, 0.5) is 0 Å². The maximum absolute atomic E-state index is 12.1. The van der Waals surface area contributed by atoms with Crippen molar-refractivity contribution in [2.75, 3.05) is 32.8 Å². The zero-order valence-electron chi connectivity index (χ0n) is 12.6. The molecule has 0 aromatic carbocycles. The van der Waals surface area contributed by atoms with E-state index in [-0.39, 0.29) is 5.91 Å². The zero-order valence-corrected chi connectivity index (χ0v) is 14.2. The van der Waals surface area contributed by atoms with Crippen molar-refractivity contribution in [3.05, 3.63) is 28.5 Å². The number of hydrogen-bond donors (Lipinski definition) is 1. The molecule has 5 nitrogen and oxygen atoms in total. The number of nitrogens with one attached hydrogen (secondary N) is 1. The third kappa shape index (κ3) is 4.06. The first kappa shape index (κ1) is 15.9. The highest BCUT2D eigenvalue weighted by atomic mass is 79.9. The molecule has 0 spiro atoms. The van der Waals surface area contributed by atoms with Crippen LogP contribution in [0.25, 0.3) is 0 Å². The Morgan fingerprint density at radius 1 is 1.36 bits per heavy atom. The molecule has 2 saturated heterocycles. The first-order valence-electron chi connectivity index (χ1n) is 7.93. The predicted molar refractivity (Wildman–Crippen MR) is 87.8 cm³/mol. The Balaban J connectivity index is 1.42. The molecule has 3 heterocycles. The molecule has 0 saturated carbocycles. The monoisotopic (exact) mass is 367 g/mol. The largest absolute Gasteiger partial charge is 0.380 e. The second-order valence-corrected chi connectivity index (χ2v) is 7.01. The van der Waals surface area contributed by atoms with E-state index in [1.165, 1.54) is 0 Å². The number of piperidine rings is 1. The van der Waals surface area contributed by atoms with Crippen LogP contribution in [0.15, 0.2) is 22.9 Å². The van der Waals surface area contributed by atoms with Crippen molar-refractivity contribution >= 4 is 21.8 Å². The van der Waals surface area contributed by atoms with Crippen LogP contribution in [0.3, 0.4) is 0 Å². The van der Waals surface area contributed by atoms with Gasteiger partial charge < -0.3 is 10.1 Å². The molecule has 1 amide bonds. The molecule has 2 aliphatic rings. The van der Waals surface area contributed by atoms with Gasteiger partial charge in [0.25, 0.3) is 5.91 Å². The SMILES string of the molecule is O=C(NCC1CCN(C2CCOC2)CC1)c1cncc(Br)c1. The lowest BCUT2D eigenvalue weighted by Crippen LogP contribution is -2.43. The first-order valence-corrected chi connectivity index (χ1v) is 8.72. The van der Waals surface area contributed by atoms with Gasteiger partial charge in [-0.2, -0.15) is 0 Å². The Kier molecular flexibility index (Phi) is 5.44. The summed E-state index contributed by atoms with van der Waals surface area (Å²) in [6.45, 7) is 4.78. The Morgan fingerprint density at radius 3 is 2.86 bits per heavy atom. The maximum Gasteiger partial charge on any atom is 0.252 e. The van der Waals surface area contributed by atoms with Crippen LogP contribution in [0.5, 0.6) is 0 Å². The number of hydrogen-bond acceptors (Lipinski definition) is 4. The Bertz CT molecular complexity index is 512. The predicted octanol–water partition coefficient (Wildman–Crippen LogP) is 2.07. The number of carbonyl (C=O) groups excluding carboxylic acids is 1. The van der Waals surface area contributed by atoms with Gasteiger partial charge in [0.1, 0.15) is 0 Å². The minimum Gasteiger partial charge on any atom is -0.380 e. The van der Waals surface area contributed by atoms with Gasteiger partial charge in [-0.3, -0.25) is 14.7 Å². The zero-order chi connectivity index (χ0) is 15.4. The Hall–Kier alpha value is -0.980. The number of halogens is 1. The summed E-state index contributed by atoms with van der Waals surface area (Å²) in [5, 5.41) is 3.04. The summed E-state index contributed by atoms with van der Waals surface area (Å²) < 4.78 is 6.29. The van der Waals surface area contributed by atoms with Crippen molar-refractivity contribution in [3.63, 3.8) is 0 Å². The van der Waals surface area contributed by atoms with Crippen LogP contribution >= 0.6 is 15.9 Å². The molecule has 0 bridgehead atoms. The van der Waals surface area contributed by atoms with Gasteiger partial charge in [0.2, 0.25) is 0 Å². The molecule has 1 atom stereocenters. The van der Waals surface area contributed by atoms with Crippen LogP contribution < -0.4 is 5.32 Å². The summed E-state index contributed by atoms with van der Waals surface area (Å²) in [4.78, 5) is 18.7. The van der Waals surface area contributed by atoms with Gasteiger partial charge in [0.05, 0.1) is 12.2 Å². The lowest BCUT2D eigenvalue weighted by Gasteiger charge is -2.35. The number of carbonyl (C=O) groups is 1. The number of rotatable bonds is 4. The summed E-state index contributed by atoms with van der Waals surface area (Å²) in [6.07, 6.45) is 6.74. The lowest BCUT2D eigenvalue weighted by molar-refractivity contribution is 0.0911. The van der Waals surface area contributed by atoms with Gasteiger partial charge in [0.15, 0.2) is 0 Å². The second kappa shape index (κ2) is 7.53. The minimum absolute atomic E-state index is 0.0413. The van der Waals surface area contributed by atoms with Crippen molar-refractivity contribution in [3.8, 4) is 0 Å². The molecule has 2 fully saturated rings. The van der Waals surface area contributed by atoms with E-state index in [1.54, 1.807) is 18.5 Å². The molecule has 1 aromatic rings. The third-order valence-corrected chi connectivity index (χ3v) is 5.02. The van der Waals surface area contributed by atoms with E-state index in [1.807, 2.05) is 0 Å². The van der Waals surface area contributed by atoms with E-state index < -0.39 is 0 Å². The number of pyridine rings is 1. The van der Waals surface area contributed by atoms with Crippen LogP contribution in [0, 0.1) is 5.92 Å². The van der Waals surface area contributed by atoms with Gasteiger partial charge in [0, 0.05) is 36.1 Å². The quantitative estimate of drug-likeness (QED) is 0.884. The molecule has 1 aromatic heterocycles. The number of ether oxygens (including phenoxy) is 1. The normalized spacial score (nSPS) is 23.6. The van der Waals surface area contributed by atoms with E-state index >= 15 is 0 Å². The fourth-order valence-corrected chi connectivity index (χ4v) is 3.57. The highest BCUT2D eigenvalue weighted by Crippen LogP contribution is 2.22. The second-order valence-electron chi connectivity index (χ2n) is 6.10. The fraction of sp³-hybridized carbons (Fsp3) is 0.625. The average Bonchev–Trinajstić information content (AvgIpc) is 3.07. The molecule has 1 N–H and O–H groups in total. The molecule has 6 heteroatoms. The minimum atomic E-state index is -0.0413. The molecular formula is C16H22BrN3O2. The first-order chi connectivity index (χ1) is 10.7. The van der Waals surface area contributed by atoms with E-state index in [2.05, 4.69) is 31.1 Å². The smallest absolute Gasteiger partial charge is 0.252 e. The van der Waals surface area contributed by atoms with Gasteiger partial charge in [-0.15, -0.1) is 0 Å². The molecule has 0 radical (unpaired) electrons. The van der Waals surface area contributed by atoms with E-state index in [0.29, 0.717) is 17.5 Å². The summed E-state index contributed by atoms with van der Waals surface area (Å²) in [7, 11) is 0.